The molecule has 0 aliphatic heterocycles. The van der Waals surface area contributed by atoms with Gasteiger partial charge in [-0.2, -0.15) is 0 Å². The number of pyridine rings is 2. The van der Waals surface area contributed by atoms with Gasteiger partial charge in [-0.05, 0) is 47.4 Å². The lowest BCUT2D eigenvalue weighted by Crippen LogP contribution is -2.23. The first-order valence-corrected chi connectivity index (χ1v) is 9.89. The molecule has 0 saturated heterocycles. The Bertz CT molecular complexity index is 969. The van der Waals surface area contributed by atoms with Crippen LogP contribution in [0.1, 0.15) is 30.9 Å². The lowest BCUT2D eigenvalue weighted by molar-refractivity contribution is 0.581. The van der Waals surface area contributed by atoms with Crippen LogP contribution in [0.25, 0.3) is 11.3 Å². The van der Waals surface area contributed by atoms with Crippen LogP contribution in [-0.2, 0) is 16.6 Å². The smallest absolute Gasteiger partial charge is 0.240 e. The molecule has 2 aromatic heterocycles. The largest absolute Gasteiger partial charge is 0.264 e. The Kier molecular flexibility index (Phi) is 5.44. The minimum atomic E-state index is -3.59. The molecule has 0 amide bonds. The summed E-state index contributed by atoms with van der Waals surface area (Å²) < 4.78 is 27.8. The van der Waals surface area contributed by atoms with Crippen molar-refractivity contribution in [3.63, 3.8) is 0 Å². The maximum absolute atomic E-state index is 12.6. The minimum absolute atomic E-state index is 0.159. The van der Waals surface area contributed by atoms with Crippen molar-refractivity contribution in [2.24, 2.45) is 0 Å². The number of sulfonamides is 1. The third-order valence-corrected chi connectivity index (χ3v) is 5.55. The van der Waals surface area contributed by atoms with E-state index in [1.807, 2.05) is 30.3 Å². The molecule has 0 radical (unpaired) electrons. The van der Waals surface area contributed by atoms with E-state index in [-0.39, 0.29) is 11.4 Å². The van der Waals surface area contributed by atoms with Gasteiger partial charge in [-0.1, -0.05) is 32.0 Å². The second-order valence-electron chi connectivity index (χ2n) is 6.30. The van der Waals surface area contributed by atoms with Crippen LogP contribution in [0.5, 0.6) is 0 Å². The van der Waals surface area contributed by atoms with Crippen LogP contribution < -0.4 is 4.72 Å². The van der Waals surface area contributed by atoms with Crippen molar-refractivity contribution < 1.29 is 8.42 Å². The first kappa shape index (κ1) is 18.2. The molecule has 0 unspecified atom stereocenters. The topological polar surface area (TPSA) is 72.0 Å². The predicted octanol–water partition coefficient (Wildman–Crippen LogP) is 3.75. The molecule has 6 heteroatoms. The number of hydrogen-bond acceptors (Lipinski definition) is 4. The highest BCUT2D eigenvalue weighted by Crippen LogP contribution is 2.21. The molecular weight excluding hydrogens is 346 g/mol. The summed E-state index contributed by atoms with van der Waals surface area (Å²) in [5.41, 5.74) is 3.47. The lowest BCUT2D eigenvalue weighted by Gasteiger charge is -2.11. The van der Waals surface area contributed by atoms with Crippen molar-refractivity contribution in [1.82, 2.24) is 14.7 Å². The molecule has 0 aliphatic carbocycles. The van der Waals surface area contributed by atoms with Gasteiger partial charge in [0, 0.05) is 30.7 Å². The SMILES string of the molecule is CC(C)c1ccc(S(=O)(=O)NCc2cccnc2-c2cccnc2)cc1. The minimum Gasteiger partial charge on any atom is -0.264 e. The Balaban J connectivity index is 1.80. The molecule has 0 spiro atoms. The Labute approximate surface area is 154 Å². The molecule has 1 N–H and O–H groups in total. The molecule has 3 rings (SSSR count). The van der Waals surface area contributed by atoms with Crippen LogP contribution in [0, 0.1) is 0 Å². The van der Waals surface area contributed by atoms with Gasteiger partial charge in [-0.3, -0.25) is 9.97 Å². The van der Waals surface area contributed by atoms with Crippen LogP contribution in [-0.4, -0.2) is 18.4 Å². The number of nitrogens with zero attached hydrogens (tertiary/aromatic N) is 2. The number of benzene rings is 1. The molecule has 0 saturated carbocycles. The van der Waals surface area contributed by atoms with Gasteiger partial charge >= 0.3 is 0 Å². The monoisotopic (exact) mass is 367 g/mol. The van der Waals surface area contributed by atoms with Crippen molar-refractivity contribution in [3.05, 3.63) is 78.2 Å². The van der Waals surface area contributed by atoms with E-state index < -0.39 is 10.0 Å². The first-order valence-electron chi connectivity index (χ1n) is 8.41. The van der Waals surface area contributed by atoms with Crippen LogP contribution in [0.2, 0.25) is 0 Å². The summed E-state index contributed by atoms with van der Waals surface area (Å²) >= 11 is 0. The van der Waals surface area contributed by atoms with Gasteiger partial charge in [0.1, 0.15) is 0 Å². The second-order valence-corrected chi connectivity index (χ2v) is 8.07. The molecule has 0 aliphatic rings. The van der Waals surface area contributed by atoms with Gasteiger partial charge in [0.2, 0.25) is 10.0 Å². The zero-order valence-electron chi connectivity index (χ0n) is 14.8. The third-order valence-electron chi connectivity index (χ3n) is 4.14. The molecular formula is C20H21N3O2S. The summed E-state index contributed by atoms with van der Waals surface area (Å²) in [6.07, 6.45) is 5.09. The Hall–Kier alpha value is -2.57. The summed E-state index contributed by atoms with van der Waals surface area (Å²) in [7, 11) is -3.59. The Morgan fingerprint density at radius 2 is 1.73 bits per heavy atom. The lowest BCUT2D eigenvalue weighted by atomic mass is 10.0. The van der Waals surface area contributed by atoms with Crippen LogP contribution >= 0.6 is 0 Å². The van der Waals surface area contributed by atoms with Crippen LogP contribution in [0.15, 0.2) is 72.0 Å². The van der Waals surface area contributed by atoms with E-state index in [0.717, 1.165) is 22.4 Å². The molecule has 3 aromatic rings. The van der Waals surface area contributed by atoms with Crippen molar-refractivity contribution in [2.45, 2.75) is 31.2 Å². The molecule has 1 aromatic carbocycles. The highest BCUT2D eigenvalue weighted by atomic mass is 32.2. The quantitative estimate of drug-likeness (QED) is 0.720. The van der Waals surface area contributed by atoms with E-state index in [9.17, 15) is 8.42 Å². The van der Waals surface area contributed by atoms with Crippen molar-refractivity contribution in [1.29, 1.82) is 0 Å². The molecule has 0 atom stereocenters. The zero-order valence-corrected chi connectivity index (χ0v) is 15.6. The van der Waals surface area contributed by atoms with E-state index >= 15 is 0 Å². The normalized spacial score (nSPS) is 11.7. The van der Waals surface area contributed by atoms with Crippen LogP contribution in [0.3, 0.4) is 0 Å². The van der Waals surface area contributed by atoms with E-state index in [4.69, 9.17) is 0 Å². The van der Waals surface area contributed by atoms with Gasteiger partial charge in [-0.15, -0.1) is 0 Å². The molecule has 0 bridgehead atoms. The fourth-order valence-corrected chi connectivity index (χ4v) is 3.64. The number of nitrogens with one attached hydrogen (secondary N) is 1. The molecule has 2 heterocycles. The fraction of sp³-hybridized carbons (Fsp3) is 0.200. The van der Waals surface area contributed by atoms with E-state index in [2.05, 4.69) is 28.5 Å². The maximum Gasteiger partial charge on any atom is 0.240 e. The van der Waals surface area contributed by atoms with Gasteiger partial charge in [0.05, 0.1) is 10.6 Å². The average molecular weight is 367 g/mol. The first-order chi connectivity index (χ1) is 12.5. The Morgan fingerprint density at radius 3 is 2.38 bits per heavy atom. The highest BCUT2D eigenvalue weighted by molar-refractivity contribution is 7.89. The molecule has 134 valence electrons. The third kappa shape index (κ3) is 4.15. The number of hydrogen-bond donors (Lipinski definition) is 1. The van der Waals surface area contributed by atoms with Crippen molar-refractivity contribution in [3.8, 4) is 11.3 Å². The molecule has 5 nitrogen and oxygen atoms in total. The zero-order chi connectivity index (χ0) is 18.6. The molecule has 26 heavy (non-hydrogen) atoms. The van der Waals surface area contributed by atoms with Gasteiger partial charge in [-0.25, -0.2) is 13.1 Å². The van der Waals surface area contributed by atoms with E-state index in [1.165, 1.54) is 0 Å². The number of rotatable bonds is 6. The van der Waals surface area contributed by atoms with Gasteiger partial charge in [0.15, 0.2) is 0 Å². The summed E-state index contributed by atoms with van der Waals surface area (Å²) in [5.74, 6) is 0.358. The standard InChI is InChI=1S/C20H21N3O2S/c1-15(2)16-7-9-19(10-8-16)26(24,25)23-14-18-6-4-12-22-20(18)17-5-3-11-21-13-17/h3-13,15,23H,14H2,1-2H3. The highest BCUT2D eigenvalue weighted by Gasteiger charge is 2.15. The van der Waals surface area contributed by atoms with Crippen molar-refractivity contribution in [2.75, 3.05) is 0 Å². The van der Waals surface area contributed by atoms with Gasteiger partial charge < -0.3 is 0 Å². The fourth-order valence-electron chi connectivity index (χ4n) is 2.63. The number of aromatic nitrogens is 2. The second kappa shape index (κ2) is 7.76. The maximum atomic E-state index is 12.6. The average Bonchev–Trinajstić information content (AvgIpc) is 2.67. The van der Waals surface area contributed by atoms with Crippen molar-refractivity contribution >= 4 is 10.0 Å². The summed E-state index contributed by atoms with van der Waals surface area (Å²) in [4.78, 5) is 8.74. The van der Waals surface area contributed by atoms with E-state index in [1.54, 1.807) is 36.8 Å². The summed E-state index contributed by atoms with van der Waals surface area (Å²) in [6, 6.07) is 14.4. The summed E-state index contributed by atoms with van der Waals surface area (Å²) in [6.45, 7) is 4.31. The predicted molar refractivity (Wildman–Crippen MR) is 102 cm³/mol. The Morgan fingerprint density at radius 1 is 1.00 bits per heavy atom. The van der Waals surface area contributed by atoms with E-state index in [0.29, 0.717) is 5.92 Å². The van der Waals surface area contributed by atoms with Crippen LogP contribution in [0.4, 0.5) is 0 Å². The van der Waals surface area contributed by atoms with Gasteiger partial charge in [0.25, 0.3) is 0 Å². The molecule has 0 fully saturated rings. The summed E-state index contributed by atoms with van der Waals surface area (Å²) in [5, 5.41) is 0.